The van der Waals surface area contributed by atoms with Crippen molar-refractivity contribution in [2.75, 3.05) is 23.8 Å². The Morgan fingerprint density at radius 2 is 2.19 bits per heavy atom. The zero-order chi connectivity index (χ0) is 14.8. The van der Waals surface area contributed by atoms with Crippen LogP contribution < -0.4 is 10.2 Å². The van der Waals surface area contributed by atoms with E-state index >= 15 is 0 Å². The minimum absolute atomic E-state index is 0.567. The summed E-state index contributed by atoms with van der Waals surface area (Å²) in [6, 6.07) is 4.29. The standard InChI is InChI=1S/C16H22N4S/c1-4-20(10-13-6-5-9-21-13)16-11(2)14(17-3)18-15(19-16)12-7-8-12/h5-6,9,12H,4,7-8,10H2,1-3H3,(H,17,18,19). The maximum Gasteiger partial charge on any atom is 0.137 e. The van der Waals surface area contributed by atoms with Crippen LogP contribution in [0.2, 0.25) is 0 Å². The van der Waals surface area contributed by atoms with Crippen molar-refractivity contribution in [3.63, 3.8) is 0 Å². The molecule has 2 aromatic rings. The summed E-state index contributed by atoms with van der Waals surface area (Å²) >= 11 is 1.80. The Morgan fingerprint density at radius 1 is 1.38 bits per heavy atom. The topological polar surface area (TPSA) is 41.1 Å². The van der Waals surface area contributed by atoms with Crippen LogP contribution in [0.5, 0.6) is 0 Å². The van der Waals surface area contributed by atoms with Crippen LogP contribution in [0.15, 0.2) is 17.5 Å². The van der Waals surface area contributed by atoms with Gasteiger partial charge in [0.2, 0.25) is 0 Å². The molecule has 2 aromatic heterocycles. The first kappa shape index (κ1) is 14.3. The number of aromatic nitrogens is 2. The first-order valence-electron chi connectivity index (χ1n) is 7.56. The van der Waals surface area contributed by atoms with E-state index in [2.05, 4.69) is 46.6 Å². The van der Waals surface area contributed by atoms with Crippen molar-refractivity contribution in [2.24, 2.45) is 0 Å². The van der Waals surface area contributed by atoms with Gasteiger partial charge in [-0.3, -0.25) is 0 Å². The van der Waals surface area contributed by atoms with Crippen molar-refractivity contribution < 1.29 is 0 Å². The van der Waals surface area contributed by atoms with E-state index in [-0.39, 0.29) is 0 Å². The summed E-state index contributed by atoms with van der Waals surface area (Å²) in [6.45, 7) is 6.15. The third kappa shape index (κ3) is 3.02. The molecule has 1 aliphatic rings. The number of hydrogen-bond acceptors (Lipinski definition) is 5. The van der Waals surface area contributed by atoms with Crippen LogP contribution >= 0.6 is 11.3 Å². The minimum atomic E-state index is 0.567. The fourth-order valence-electron chi connectivity index (χ4n) is 2.52. The molecule has 21 heavy (non-hydrogen) atoms. The van der Waals surface area contributed by atoms with Crippen LogP contribution in [0.4, 0.5) is 11.6 Å². The van der Waals surface area contributed by atoms with Crippen LogP contribution in [-0.2, 0) is 6.54 Å². The van der Waals surface area contributed by atoms with E-state index in [4.69, 9.17) is 4.98 Å². The highest BCUT2D eigenvalue weighted by Crippen LogP contribution is 2.40. The Hall–Kier alpha value is -1.62. The molecule has 0 saturated heterocycles. The molecule has 3 rings (SSSR count). The average molecular weight is 302 g/mol. The van der Waals surface area contributed by atoms with Crippen LogP contribution in [0, 0.1) is 6.92 Å². The summed E-state index contributed by atoms with van der Waals surface area (Å²) in [7, 11) is 1.94. The summed E-state index contributed by atoms with van der Waals surface area (Å²) in [4.78, 5) is 13.3. The smallest absolute Gasteiger partial charge is 0.137 e. The summed E-state index contributed by atoms with van der Waals surface area (Å²) in [6.07, 6.45) is 2.45. The highest BCUT2D eigenvalue weighted by atomic mass is 32.1. The molecule has 0 aromatic carbocycles. The van der Waals surface area contributed by atoms with E-state index in [9.17, 15) is 0 Å². The molecule has 1 saturated carbocycles. The van der Waals surface area contributed by atoms with E-state index in [1.54, 1.807) is 11.3 Å². The van der Waals surface area contributed by atoms with Gasteiger partial charge in [-0.15, -0.1) is 11.3 Å². The second kappa shape index (κ2) is 6.02. The summed E-state index contributed by atoms with van der Waals surface area (Å²) in [5.41, 5.74) is 1.14. The molecule has 0 unspecified atom stereocenters. The SMILES string of the molecule is CCN(Cc1cccs1)c1nc(C2CC2)nc(NC)c1C. The van der Waals surface area contributed by atoms with E-state index in [1.807, 2.05) is 7.05 Å². The molecule has 0 aliphatic heterocycles. The Kier molecular flexibility index (Phi) is 4.10. The molecule has 2 heterocycles. The third-order valence-electron chi connectivity index (χ3n) is 3.92. The molecule has 0 radical (unpaired) electrons. The normalized spacial score (nSPS) is 14.2. The molecule has 5 heteroatoms. The second-order valence-corrected chi connectivity index (χ2v) is 6.53. The lowest BCUT2D eigenvalue weighted by atomic mass is 10.2. The van der Waals surface area contributed by atoms with E-state index in [0.717, 1.165) is 36.1 Å². The number of nitrogens with one attached hydrogen (secondary N) is 1. The van der Waals surface area contributed by atoms with Crippen molar-refractivity contribution in [1.82, 2.24) is 9.97 Å². The maximum absolute atomic E-state index is 4.87. The molecule has 0 amide bonds. The van der Waals surface area contributed by atoms with Crippen molar-refractivity contribution in [3.05, 3.63) is 33.8 Å². The van der Waals surface area contributed by atoms with Gasteiger partial charge in [0, 0.05) is 30.0 Å². The highest BCUT2D eigenvalue weighted by molar-refractivity contribution is 7.09. The molecule has 0 atom stereocenters. The molecule has 0 spiro atoms. The molecular weight excluding hydrogens is 280 g/mol. The van der Waals surface area contributed by atoms with Gasteiger partial charge in [-0.1, -0.05) is 6.07 Å². The van der Waals surface area contributed by atoms with Crippen LogP contribution in [0.1, 0.15) is 41.9 Å². The fraction of sp³-hybridized carbons (Fsp3) is 0.500. The van der Waals surface area contributed by atoms with Gasteiger partial charge in [0.05, 0.1) is 6.54 Å². The Morgan fingerprint density at radius 3 is 2.76 bits per heavy atom. The monoisotopic (exact) mass is 302 g/mol. The third-order valence-corrected chi connectivity index (χ3v) is 4.79. The van der Waals surface area contributed by atoms with Gasteiger partial charge in [-0.05, 0) is 38.1 Å². The van der Waals surface area contributed by atoms with Gasteiger partial charge in [0.1, 0.15) is 17.5 Å². The first-order chi connectivity index (χ1) is 10.2. The minimum Gasteiger partial charge on any atom is -0.373 e. The molecule has 1 fully saturated rings. The van der Waals surface area contributed by atoms with Crippen molar-refractivity contribution in [1.29, 1.82) is 0 Å². The lowest BCUT2D eigenvalue weighted by molar-refractivity contribution is 0.796. The Labute approximate surface area is 130 Å². The summed E-state index contributed by atoms with van der Waals surface area (Å²) in [5, 5.41) is 5.35. The van der Waals surface area contributed by atoms with Gasteiger partial charge >= 0.3 is 0 Å². The molecule has 1 aliphatic carbocycles. The Balaban J connectivity index is 1.95. The summed E-state index contributed by atoms with van der Waals surface area (Å²) in [5.74, 6) is 3.61. The fourth-order valence-corrected chi connectivity index (χ4v) is 3.24. The molecule has 0 bridgehead atoms. The molecular formula is C16H22N4S. The van der Waals surface area contributed by atoms with E-state index < -0.39 is 0 Å². The zero-order valence-electron chi connectivity index (χ0n) is 12.9. The van der Waals surface area contributed by atoms with Gasteiger partial charge in [-0.25, -0.2) is 9.97 Å². The number of thiophene rings is 1. The lowest BCUT2D eigenvalue weighted by Crippen LogP contribution is -2.24. The Bertz CT molecular complexity index is 605. The quantitative estimate of drug-likeness (QED) is 0.881. The number of nitrogens with zero attached hydrogens (tertiary/aromatic N) is 3. The van der Waals surface area contributed by atoms with E-state index in [1.165, 1.54) is 17.7 Å². The predicted molar refractivity (Wildman–Crippen MR) is 89.3 cm³/mol. The van der Waals surface area contributed by atoms with Crippen LogP contribution in [0.25, 0.3) is 0 Å². The summed E-state index contributed by atoms with van der Waals surface area (Å²) < 4.78 is 0. The van der Waals surface area contributed by atoms with Crippen molar-refractivity contribution >= 4 is 23.0 Å². The van der Waals surface area contributed by atoms with Crippen LogP contribution in [0.3, 0.4) is 0 Å². The van der Waals surface area contributed by atoms with Crippen molar-refractivity contribution in [2.45, 2.75) is 39.2 Å². The van der Waals surface area contributed by atoms with Gasteiger partial charge in [-0.2, -0.15) is 0 Å². The maximum atomic E-state index is 4.87. The second-order valence-electron chi connectivity index (χ2n) is 5.50. The largest absolute Gasteiger partial charge is 0.373 e. The molecule has 1 N–H and O–H groups in total. The highest BCUT2D eigenvalue weighted by Gasteiger charge is 2.28. The number of anilines is 2. The van der Waals surface area contributed by atoms with E-state index in [0.29, 0.717) is 5.92 Å². The zero-order valence-corrected chi connectivity index (χ0v) is 13.7. The van der Waals surface area contributed by atoms with Gasteiger partial charge < -0.3 is 10.2 Å². The lowest BCUT2D eigenvalue weighted by Gasteiger charge is -2.24. The van der Waals surface area contributed by atoms with Gasteiger partial charge in [0.25, 0.3) is 0 Å². The first-order valence-corrected chi connectivity index (χ1v) is 8.44. The van der Waals surface area contributed by atoms with Gasteiger partial charge in [0.15, 0.2) is 0 Å². The number of rotatable bonds is 6. The van der Waals surface area contributed by atoms with Crippen molar-refractivity contribution in [3.8, 4) is 0 Å². The molecule has 112 valence electrons. The number of hydrogen-bond donors (Lipinski definition) is 1. The predicted octanol–water partition coefficient (Wildman–Crippen LogP) is 3.79. The van der Waals surface area contributed by atoms with Crippen LogP contribution in [-0.4, -0.2) is 23.6 Å². The molecule has 4 nitrogen and oxygen atoms in total. The average Bonchev–Trinajstić information content (AvgIpc) is 3.22.